The molecule has 3 rings (SSSR count). The second kappa shape index (κ2) is 13.9. The van der Waals surface area contributed by atoms with Gasteiger partial charge in [-0.2, -0.15) is 16.8 Å². The number of benzene rings is 3. The van der Waals surface area contributed by atoms with Gasteiger partial charge in [-0.15, -0.1) is 0 Å². The molecule has 0 saturated carbocycles. The Morgan fingerprint density at radius 3 is 1.36 bits per heavy atom. The summed E-state index contributed by atoms with van der Waals surface area (Å²) in [4.78, 5) is 10.3. The number of hydrogen-bond donors (Lipinski definition) is 1. The quantitative estimate of drug-likeness (QED) is 0.287. The minimum Gasteiger partial charge on any atom is -0.478 e. The predicted molar refractivity (Wildman–Crippen MR) is 133 cm³/mol. The molecule has 0 aliphatic rings. The molecule has 0 atom stereocenters. The second-order valence-corrected chi connectivity index (χ2v) is 10.7. The van der Waals surface area contributed by atoms with Gasteiger partial charge in [0.15, 0.2) is 0 Å². The first kappa shape index (κ1) is 29.1. The van der Waals surface area contributed by atoms with Crippen LogP contribution in [0, 0.1) is 13.8 Å². The van der Waals surface area contributed by atoms with E-state index < -0.39 is 26.2 Å². The molecular weight excluding hydrogens is 508 g/mol. The van der Waals surface area contributed by atoms with Crippen molar-refractivity contribution in [2.45, 2.75) is 23.6 Å². The minimum atomic E-state index is -3.84. The Balaban J connectivity index is 0.000000425. The van der Waals surface area contributed by atoms with Crippen molar-refractivity contribution in [2.75, 3.05) is 26.4 Å². The van der Waals surface area contributed by atoms with Crippen LogP contribution in [0.3, 0.4) is 0 Å². The molecule has 0 bridgehead atoms. The molecule has 194 valence electrons. The lowest BCUT2D eigenvalue weighted by molar-refractivity contribution is 0.0696. The number of carboxylic acid groups (broad SMARTS) is 1. The first-order valence-corrected chi connectivity index (χ1v) is 13.6. The van der Waals surface area contributed by atoms with Gasteiger partial charge in [-0.05, 0) is 50.2 Å². The molecule has 0 radical (unpaired) electrons. The van der Waals surface area contributed by atoms with Crippen molar-refractivity contribution in [3.05, 3.63) is 95.6 Å². The SMILES string of the molecule is Cc1ccc(S(=O)(=O)OCCOCCOS(=O)(=O)c2ccc(C)cc2)cc1.O=C(O)c1ccccc1. The molecule has 9 nitrogen and oxygen atoms in total. The summed E-state index contributed by atoms with van der Waals surface area (Å²) in [6.07, 6.45) is 0. The summed E-state index contributed by atoms with van der Waals surface area (Å²) in [5.74, 6) is -0.879. The summed E-state index contributed by atoms with van der Waals surface area (Å²) in [5.41, 5.74) is 2.22. The van der Waals surface area contributed by atoms with E-state index in [4.69, 9.17) is 18.2 Å². The van der Waals surface area contributed by atoms with Crippen LogP contribution in [-0.2, 0) is 33.3 Å². The Morgan fingerprint density at radius 1 is 0.639 bits per heavy atom. The second-order valence-electron chi connectivity index (χ2n) is 7.46. The summed E-state index contributed by atoms with van der Waals surface area (Å²) in [5, 5.41) is 8.38. The molecule has 0 heterocycles. The maximum atomic E-state index is 12.0. The Hall–Kier alpha value is -3.09. The zero-order valence-electron chi connectivity index (χ0n) is 19.9. The molecule has 0 unspecified atom stereocenters. The van der Waals surface area contributed by atoms with E-state index in [0.29, 0.717) is 5.56 Å². The zero-order chi connectivity index (χ0) is 26.6. The van der Waals surface area contributed by atoms with Crippen molar-refractivity contribution < 1.29 is 39.8 Å². The number of hydrogen-bond acceptors (Lipinski definition) is 8. The molecule has 0 aromatic heterocycles. The van der Waals surface area contributed by atoms with E-state index in [2.05, 4.69) is 0 Å². The summed E-state index contributed by atoms with van der Waals surface area (Å²) in [6.45, 7) is 3.32. The first-order valence-electron chi connectivity index (χ1n) is 10.8. The Bertz CT molecular complexity index is 1220. The van der Waals surface area contributed by atoms with Gasteiger partial charge in [-0.25, -0.2) is 4.79 Å². The predicted octanol–water partition coefficient (Wildman–Crippen LogP) is 3.82. The third kappa shape index (κ3) is 9.88. The molecule has 1 N–H and O–H groups in total. The summed E-state index contributed by atoms with van der Waals surface area (Å²) >= 11 is 0. The van der Waals surface area contributed by atoms with Crippen LogP contribution in [0.5, 0.6) is 0 Å². The van der Waals surface area contributed by atoms with Crippen LogP contribution in [0.25, 0.3) is 0 Å². The zero-order valence-corrected chi connectivity index (χ0v) is 21.5. The van der Waals surface area contributed by atoms with Gasteiger partial charge in [0.05, 0.1) is 41.8 Å². The maximum absolute atomic E-state index is 12.0. The summed E-state index contributed by atoms with van der Waals surface area (Å²) in [7, 11) is -7.68. The smallest absolute Gasteiger partial charge is 0.335 e. The van der Waals surface area contributed by atoms with Crippen molar-refractivity contribution >= 4 is 26.2 Å². The topological polar surface area (TPSA) is 133 Å². The van der Waals surface area contributed by atoms with Gasteiger partial charge in [0, 0.05) is 0 Å². The van der Waals surface area contributed by atoms with Gasteiger partial charge in [0.1, 0.15) is 0 Å². The van der Waals surface area contributed by atoms with Gasteiger partial charge in [0.2, 0.25) is 0 Å². The highest BCUT2D eigenvalue weighted by Gasteiger charge is 2.16. The summed E-state index contributed by atoms with van der Waals surface area (Å²) < 4.78 is 62.7. The van der Waals surface area contributed by atoms with E-state index in [0.717, 1.165) is 11.1 Å². The lowest BCUT2D eigenvalue weighted by atomic mass is 10.2. The monoisotopic (exact) mass is 536 g/mol. The number of aryl methyl sites for hydroxylation is 2. The normalized spacial score (nSPS) is 11.4. The molecule has 0 amide bonds. The molecular formula is C25H28O9S2. The Kier molecular flexibility index (Phi) is 11.2. The van der Waals surface area contributed by atoms with Gasteiger partial charge in [-0.3, -0.25) is 8.37 Å². The molecule has 0 saturated heterocycles. The van der Waals surface area contributed by atoms with Crippen molar-refractivity contribution in [3.63, 3.8) is 0 Å². The molecule has 0 fully saturated rings. The van der Waals surface area contributed by atoms with Crippen molar-refractivity contribution in [3.8, 4) is 0 Å². The average molecular weight is 537 g/mol. The van der Waals surface area contributed by atoms with Crippen LogP contribution in [0.15, 0.2) is 88.7 Å². The number of ether oxygens (including phenoxy) is 1. The fourth-order valence-corrected chi connectivity index (χ4v) is 4.42. The number of rotatable bonds is 11. The molecule has 0 aliphatic carbocycles. The average Bonchev–Trinajstić information content (AvgIpc) is 2.85. The van der Waals surface area contributed by atoms with E-state index >= 15 is 0 Å². The lowest BCUT2D eigenvalue weighted by Crippen LogP contribution is -2.15. The van der Waals surface area contributed by atoms with Gasteiger partial charge in [0.25, 0.3) is 20.2 Å². The highest BCUT2D eigenvalue weighted by Crippen LogP contribution is 2.14. The van der Waals surface area contributed by atoms with E-state index in [-0.39, 0.29) is 36.2 Å². The highest BCUT2D eigenvalue weighted by atomic mass is 32.2. The third-order valence-corrected chi connectivity index (χ3v) is 7.23. The fraction of sp³-hybridized carbons (Fsp3) is 0.240. The molecule has 36 heavy (non-hydrogen) atoms. The summed E-state index contributed by atoms with van der Waals surface area (Å²) in [6, 6.07) is 20.9. The number of carbonyl (C=O) groups is 1. The van der Waals surface area contributed by atoms with Crippen LogP contribution in [0.2, 0.25) is 0 Å². The van der Waals surface area contributed by atoms with Crippen LogP contribution in [0.1, 0.15) is 21.5 Å². The maximum Gasteiger partial charge on any atom is 0.335 e. The third-order valence-electron chi connectivity index (χ3n) is 4.57. The molecule has 0 aliphatic heterocycles. The lowest BCUT2D eigenvalue weighted by Gasteiger charge is -2.08. The Morgan fingerprint density at radius 2 is 1.03 bits per heavy atom. The highest BCUT2D eigenvalue weighted by molar-refractivity contribution is 7.87. The Labute approximate surface area is 211 Å². The largest absolute Gasteiger partial charge is 0.478 e. The fourth-order valence-electron chi connectivity index (χ4n) is 2.63. The van der Waals surface area contributed by atoms with Crippen molar-refractivity contribution in [1.82, 2.24) is 0 Å². The van der Waals surface area contributed by atoms with Crippen LogP contribution >= 0.6 is 0 Å². The standard InChI is InChI=1S/C18H22O7S2.C7H6O2/c1-15-3-7-17(8-4-15)26(19,20)24-13-11-23-12-14-25-27(21,22)18-9-5-16(2)6-10-18;8-7(9)6-4-2-1-3-5-6/h3-10H,11-14H2,1-2H3;1-5H,(H,8,9). The van der Waals surface area contributed by atoms with E-state index in [1.165, 1.54) is 24.3 Å². The molecule has 3 aromatic rings. The van der Waals surface area contributed by atoms with Crippen LogP contribution in [0.4, 0.5) is 0 Å². The molecule has 3 aromatic carbocycles. The van der Waals surface area contributed by atoms with Gasteiger partial charge < -0.3 is 9.84 Å². The first-order chi connectivity index (χ1) is 17.0. The van der Waals surface area contributed by atoms with E-state index in [1.54, 1.807) is 54.6 Å². The number of aromatic carboxylic acids is 1. The molecule has 0 spiro atoms. The molecule has 11 heteroatoms. The van der Waals surface area contributed by atoms with Gasteiger partial charge >= 0.3 is 5.97 Å². The minimum absolute atomic E-state index is 0.0149. The van der Waals surface area contributed by atoms with Crippen LogP contribution < -0.4 is 0 Å². The van der Waals surface area contributed by atoms with Crippen molar-refractivity contribution in [1.29, 1.82) is 0 Å². The van der Waals surface area contributed by atoms with Gasteiger partial charge in [-0.1, -0.05) is 53.6 Å². The van der Waals surface area contributed by atoms with Crippen LogP contribution in [-0.4, -0.2) is 54.3 Å². The number of carboxylic acids is 1. The van der Waals surface area contributed by atoms with E-state index in [9.17, 15) is 21.6 Å². The van der Waals surface area contributed by atoms with E-state index in [1.807, 2.05) is 13.8 Å². The van der Waals surface area contributed by atoms with Crippen molar-refractivity contribution in [2.24, 2.45) is 0 Å².